The van der Waals surface area contributed by atoms with Crippen LogP contribution in [-0.4, -0.2) is 63.9 Å². The number of hydrogen-bond donors (Lipinski definition) is 2. The predicted octanol–water partition coefficient (Wildman–Crippen LogP) is 1.19. The first-order valence-corrected chi connectivity index (χ1v) is 7.43. The van der Waals surface area contributed by atoms with Gasteiger partial charge in [0.15, 0.2) is 0 Å². The number of carbonyl (C=O) groups excluding carboxylic acids is 2. The van der Waals surface area contributed by atoms with Crippen LogP contribution in [0.1, 0.15) is 10.5 Å². The first-order valence-electron chi connectivity index (χ1n) is 7.05. The molecule has 7 nitrogen and oxygen atoms in total. The third-order valence-corrected chi connectivity index (χ3v) is 4.09. The quantitative estimate of drug-likeness (QED) is 0.765. The molecule has 0 saturated carbocycles. The molecule has 1 saturated heterocycles. The van der Waals surface area contributed by atoms with Crippen molar-refractivity contribution >= 4 is 40.3 Å². The van der Waals surface area contributed by atoms with Gasteiger partial charge in [0.2, 0.25) is 0 Å². The van der Waals surface area contributed by atoms with Crippen molar-refractivity contribution < 1.29 is 19.5 Å². The Hall–Kier alpha value is -2.54. The summed E-state index contributed by atoms with van der Waals surface area (Å²) in [5.74, 6) is -2.59. The molecule has 120 valence electrons. The average molecular weight is 336 g/mol. The van der Waals surface area contributed by atoms with Crippen LogP contribution in [0.25, 0.3) is 10.9 Å². The summed E-state index contributed by atoms with van der Waals surface area (Å²) < 4.78 is 0. The maximum atomic E-state index is 12.5. The van der Waals surface area contributed by atoms with Crippen LogP contribution >= 0.6 is 11.6 Å². The number of halogens is 1. The molecule has 1 aliphatic rings. The highest BCUT2D eigenvalue weighted by atomic mass is 35.5. The van der Waals surface area contributed by atoms with Gasteiger partial charge in [0.25, 0.3) is 5.91 Å². The molecule has 3 rings (SSSR count). The third kappa shape index (κ3) is 3.00. The summed E-state index contributed by atoms with van der Waals surface area (Å²) in [6, 6.07) is 7.05. The standard InChI is InChI=1S/C15H14ClN3O4/c16-10-1-2-11-9(7-10)8-12(17-11)13(20)18-3-5-19(6-4-18)14(21)15(22)23/h1-2,7-8,17H,3-6H2,(H,22,23). The molecule has 0 radical (unpaired) electrons. The van der Waals surface area contributed by atoms with Gasteiger partial charge in [0.05, 0.1) is 0 Å². The Kier molecular flexibility index (Phi) is 3.96. The number of fused-ring (bicyclic) bond motifs is 1. The largest absolute Gasteiger partial charge is 0.474 e. The monoisotopic (exact) mass is 335 g/mol. The number of aromatic amines is 1. The van der Waals surface area contributed by atoms with Crippen molar-refractivity contribution in [3.63, 3.8) is 0 Å². The number of carboxylic acids is 1. The van der Waals surface area contributed by atoms with Crippen LogP contribution in [0.5, 0.6) is 0 Å². The number of amides is 2. The van der Waals surface area contributed by atoms with E-state index in [0.717, 1.165) is 10.9 Å². The molecule has 1 fully saturated rings. The van der Waals surface area contributed by atoms with E-state index in [0.29, 0.717) is 23.8 Å². The Labute approximate surface area is 136 Å². The maximum Gasteiger partial charge on any atom is 0.394 e. The van der Waals surface area contributed by atoms with E-state index < -0.39 is 11.9 Å². The molecule has 1 aromatic carbocycles. The average Bonchev–Trinajstić information content (AvgIpc) is 2.96. The summed E-state index contributed by atoms with van der Waals surface area (Å²) in [4.78, 5) is 40.5. The molecule has 23 heavy (non-hydrogen) atoms. The summed E-state index contributed by atoms with van der Waals surface area (Å²) in [7, 11) is 0. The van der Waals surface area contributed by atoms with Crippen LogP contribution in [0.4, 0.5) is 0 Å². The summed E-state index contributed by atoms with van der Waals surface area (Å²) in [5.41, 5.74) is 1.26. The zero-order valence-electron chi connectivity index (χ0n) is 12.1. The zero-order valence-corrected chi connectivity index (χ0v) is 12.8. The van der Waals surface area contributed by atoms with Gasteiger partial charge in [-0.25, -0.2) is 4.79 Å². The minimum atomic E-state index is -1.47. The molecule has 0 atom stereocenters. The summed E-state index contributed by atoms with van der Waals surface area (Å²) in [6.07, 6.45) is 0. The second-order valence-corrected chi connectivity index (χ2v) is 5.74. The van der Waals surface area contributed by atoms with Gasteiger partial charge < -0.3 is 19.9 Å². The van der Waals surface area contributed by atoms with E-state index in [2.05, 4.69) is 4.98 Å². The van der Waals surface area contributed by atoms with Crippen molar-refractivity contribution in [3.8, 4) is 0 Å². The summed E-state index contributed by atoms with van der Waals surface area (Å²) in [5, 5.41) is 10.1. The van der Waals surface area contributed by atoms with Gasteiger partial charge in [-0.05, 0) is 24.3 Å². The Morgan fingerprint density at radius 3 is 2.35 bits per heavy atom. The Balaban J connectivity index is 1.71. The fourth-order valence-corrected chi connectivity index (χ4v) is 2.82. The lowest BCUT2D eigenvalue weighted by atomic mass is 10.2. The first-order chi connectivity index (χ1) is 11.0. The highest BCUT2D eigenvalue weighted by Gasteiger charge is 2.28. The van der Waals surface area contributed by atoms with Gasteiger partial charge in [-0.2, -0.15) is 0 Å². The van der Waals surface area contributed by atoms with Crippen molar-refractivity contribution in [2.24, 2.45) is 0 Å². The molecule has 2 heterocycles. The SMILES string of the molecule is O=C(O)C(=O)N1CCN(C(=O)c2cc3cc(Cl)ccc3[nH]2)CC1. The fraction of sp³-hybridized carbons (Fsp3) is 0.267. The molecule has 0 spiro atoms. The zero-order chi connectivity index (χ0) is 16.6. The van der Waals surface area contributed by atoms with E-state index >= 15 is 0 Å². The minimum absolute atomic E-state index is 0.181. The Bertz CT molecular complexity index is 793. The number of hydrogen-bond acceptors (Lipinski definition) is 3. The number of piperazine rings is 1. The number of rotatable bonds is 1. The van der Waals surface area contributed by atoms with Crippen LogP contribution in [0, 0.1) is 0 Å². The number of nitrogens with zero attached hydrogens (tertiary/aromatic N) is 2. The molecular formula is C15H14ClN3O4. The molecule has 2 amide bonds. The van der Waals surface area contributed by atoms with Gasteiger partial charge in [-0.1, -0.05) is 11.6 Å². The van der Waals surface area contributed by atoms with E-state index in [9.17, 15) is 14.4 Å². The van der Waals surface area contributed by atoms with Crippen molar-refractivity contribution in [3.05, 3.63) is 35.0 Å². The molecule has 2 N–H and O–H groups in total. The number of aliphatic carboxylic acids is 1. The lowest BCUT2D eigenvalue weighted by Gasteiger charge is -2.33. The number of H-pyrrole nitrogens is 1. The van der Waals surface area contributed by atoms with Crippen LogP contribution in [0.3, 0.4) is 0 Å². The second-order valence-electron chi connectivity index (χ2n) is 5.30. The van der Waals surface area contributed by atoms with Crippen LogP contribution in [0.2, 0.25) is 5.02 Å². The highest BCUT2D eigenvalue weighted by molar-refractivity contribution is 6.31. The van der Waals surface area contributed by atoms with Gasteiger partial charge in [-0.3, -0.25) is 9.59 Å². The maximum absolute atomic E-state index is 12.5. The smallest absolute Gasteiger partial charge is 0.394 e. The lowest BCUT2D eigenvalue weighted by Crippen LogP contribution is -2.52. The molecule has 1 aromatic heterocycles. The molecular weight excluding hydrogens is 322 g/mol. The normalized spacial score (nSPS) is 15.0. The molecule has 2 aromatic rings. The number of aromatic nitrogens is 1. The summed E-state index contributed by atoms with van der Waals surface area (Å²) in [6.45, 7) is 1.02. The van der Waals surface area contributed by atoms with E-state index in [1.165, 1.54) is 4.90 Å². The van der Waals surface area contributed by atoms with Gasteiger partial charge in [0.1, 0.15) is 5.69 Å². The molecule has 8 heteroatoms. The molecule has 0 bridgehead atoms. The van der Waals surface area contributed by atoms with Crippen LogP contribution in [-0.2, 0) is 9.59 Å². The van der Waals surface area contributed by atoms with Crippen molar-refractivity contribution in [2.45, 2.75) is 0 Å². The van der Waals surface area contributed by atoms with Crippen LogP contribution < -0.4 is 0 Å². The molecule has 1 aliphatic heterocycles. The van der Waals surface area contributed by atoms with Gasteiger partial charge in [-0.15, -0.1) is 0 Å². The fourth-order valence-electron chi connectivity index (χ4n) is 2.64. The number of carbonyl (C=O) groups is 3. The van der Waals surface area contributed by atoms with Crippen molar-refractivity contribution in [1.29, 1.82) is 0 Å². The lowest BCUT2D eigenvalue weighted by molar-refractivity contribution is -0.156. The van der Waals surface area contributed by atoms with E-state index in [4.69, 9.17) is 16.7 Å². The van der Waals surface area contributed by atoms with E-state index in [-0.39, 0.29) is 19.0 Å². The van der Waals surface area contributed by atoms with E-state index in [1.54, 1.807) is 29.2 Å². The number of nitrogens with one attached hydrogen (secondary N) is 1. The highest BCUT2D eigenvalue weighted by Crippen LogP contribution is 2.21. The number of carboxylic acid groups (broad SMARTS) is 1. The Morgan fingerprint density at radius 2 is 1.70 bits per heavy atom. The van der Waals surface area contributed by atoms with Crippen molar-refractivity contribution in [1.82, 2.24) is 14.8 Å². The van der Waals surface area contributed by atoms with Gasteiger partial charge in [0, 0.05) is 42.1 Å². The molecule has 0 aliphatic carbocycles. The third-order valence-electron chi connectivity index (χ3n) is 3.85. The van der Waals surface area contributed by atoms with Crippen LogP contribution in [0.15, 0.2) is 24.3 Å². The summed E-state index contributed by atoms with van der Waals surface area (Å²) >= 11 is 5.93. The topological polar surface area (TPSA) is 93.7 Å². The van der Waals surface area contributed by atoms with Gasteiger partial charge >= 0.3 is 11.9 Å². The first kappa shape index (κ1) is 15.4. The minimum Gasteiger partial charge on any atom is -0.474 e. The van der Waals surface area contributed by atoms with Crippen molar-refractivity contribution in [2.75, 3.05) is 26.2 Å². The predicted molar refractivity (Wildman–Crippen MR) is 83.4 cm³/mol. The number of benzene rings is 1. The molecule has 0 unspecified atom stereocenters. The van der Waals surface area contributed by atoms with E-state index in [1.807, 2.05) is 0 Å². The Morgan fingerprint density at radius 1 is 1.04 bits per heavy atom. The second kappa shape index (κ2) is 5.92.